The third-order valence-corrected chi connectivity index (χ3v) is 4.85. The third-order valence-electron chi connectivity index (χ3n) is 4.10. The van der Waals surface area contributed by atoms with Gasteiger partial charge in [-0.1, -0.05) is 18.2 Å². The van der Waals surface area contributed by atoms with Crippen molar-refractivity contribution in [3.8, 4) is 11.5 Å². The molecule has 0 aliphatic heterocycles. The molecule has 0 spiro atoms. The van der Waals surface area contributed by atoms with Crippen LogP contribution in [0.3, 0.4) is 0 Å². The molecule has 1 N–H and O–H groups in total. The lowest BCUT2D eigenvalue weighted by Crippen LogP contribution is -2.35. The first kappa shape index (κ1) is 22.4. The van der Waals surface area contributed by atoms with E-state index in [9.17, 15) is 9.59 Å². The van der Waals surface area contributed by atoms with E-state index in [2.05, 4.69) is 5.32 Å². The molecule has 0 radical (unpaired) electrons. The van der Waals surface area contributed by atoms with Gasteiger partial charge in [0.05, 0.1) is 14.2 Å². The molecule has 2 rings (SSSR count). The Morgan fingerprint density at radius 3 is 2.38 bits per heavy atom. The summed E-state index contributed by atoms with van der Waals surface area (Å²) in [5, 5.41) is 2.74. The predicted octanol–water partition coefficient (Wildman–Crippen LogP) is 3.69. The Kier molecular flexibility index (Phi) is 8.61. The zero-order valence-corrected chi connectivity index (χ0v) is 17.7. The van der Waals surface area contributed by atoms with E-state index in [0.29, 0.717) is 11.5 Å². The smallest absolute Gasteiger partial charge is 0.331 e. The van der Waals surface area contributed by atoms with Crippen LogP contribution in [0.4, 0.5) is 0 Å². The van der Waals surface area contributed by atoms with Gasteiger partial charge in [0.15, 0.2) is 17.6 Å². The Labute approximate surface area is 175 Å². The molecule has 29 heavy (non-hydrogen) atoms. The number of hydrogen-bond donors (Lipinski definition) is 1. The third kappa shape index (κ3) is 6.87. The first-order valence-corrected chi connectivity index (χ1v) is 10.2. The van der Waals surface area contributed by atoms with Gasteiger partial charge >= 0.3 is 5.97 Å². The predicted molar refractivity (Wildman–Crippen MR) is 114 cm³/mol. The van der Waals surface area contributed by atoms with Gasteiger partial charge in [0, 0.05) is 17.5 Å². The van der Waals surface area contributed by atoms with E-state index >= 15 is 0 Å². The van der Waals surface area contributed by atoms with Crippen molar-refractivity contribution in [3.63, 3.8) is 0 Å². The van der Waals surface area contributed by atoms with Crippen LogP contribution in [-0.2, 0) is 20.9 Å². The Morgan fingerprint density at radius 1 is 1.07 bits per heavy atom. The normalized spacial score (nSPS) is 11.7. The summed E-state index contributed by atoms with van der Waals surface area (Å²) >= 11 is 1.65. The number of benzene rings is 2. The molecule has 0 aliphatic carbocycles. The van der Waals surface area contributed by atoms with Gasteiger partial charge in [-0.2, -0.15) is 0 Å². The Bertz CT molecular complexity index is 864. The SMILES string of the molecule is COc1ccc(CNC(=O)[C@@H](C)OC(=O)/C=C/c2ccc(SC)cc2)cc1OC. The molecule has 1 amide bonds. The van der Waals surface area contributed by atoms with Gasteiger partial charge in [-0.05, 0) is 54.6 Å². The van der Waals surface area contributed by atoms with Crippen molar-refractivity contribution >= 4 is 29.7 Å². The topological polar surface area (TPSA) is 73.9 Å². The summed E-state index contributed by atoms with van der Waals surface area (Å²) in [6, 6.07) is 13.1. The van der Waals surface area contributed by atoms with Crippen molar-refractivity contribution in [3.05, 3.63) is 59.7 Å². The summed E-state index contributed by atoms with van der Waals surface area (Å²) in [5.74, 6) is 0.229. The molecule has 2 aromatic rings. The van der Waals surface area contributed by atoms with E-state index in [1.165, 1.54) is 13.0 Å². The van der Waals surface area contributed by atoms with Gasteiger partial charge in [-0.15, -0.1) is 11.8 Å². The molecule has 0 aromatic heterocycles. The number of esters is 1. The van der Waals surface area contributed by atoms with Crippen molar-refractivity contribution in [1.82, 2.24) is 5.32 Å². The van der Waals surface area contributed by atoms with Gasteiger partial charge < -0.3 is 19.5 Å². The molecule has 6 nitrogen and oxygen atoms in total. The van der Waals surface area contributed by atoms with Gasteiger partial charge in [0.25, 0.3) is 5.91 Å². The molecule has 0 saturated carbocycles. The van der Waals surface area contributed by atoms with E-state index in [1.54, 1.807) is 44.2 Å². The van der Waals surface area contributed by atoms with Crippen molar-refractivity contribution in [2.45, 2.75) is 24.5 Å². The number of carbonyl (C=O) groups is 2. The fourth-order valence-corrected chi connectivity index (χ4v) is 2.88. The van der Waals surface area contributed by atoms with Crippen molar-refractivity contribution < 1.29 is 23.8 Å². The van der Waals surface area contributed by atoms with Crippen molar-refractivity contribution in [2.24, 2.45) is 0 Å². The number of hydrogen-bond acceptors (Lipinski definition) is 6. The number of amides is 1. The van der Waals surface area contributed by atoms with Gasteiger partial charge in [-0.25, -0.2) is 4.79 Å². The highest BCUT2D eigenvalue weighted by molar-refractivity contribution is 7.98. The Hall–Kier alpha value is -2.93. The maximum absolute atomic E-state index is 12.2. The molecule has 0 aliphatic rings. The van der Waals surface area contributed by atoms with Crippen LogP contribution in [0.2, 0.25) is 0 Å². The summed E-state index contributed by atoms with van der Waals surface area (Å²) in [7, 11) is 3.11. The molecule has 2 aromatic carbocycles. The summed E-state index contributed by atoms with van der Waals surface area (Å²) in [6.07, 6.45) is 4.05. The van der Waals surface area contributed by atoms with Crippen LogP contribution >= 0.6 is 11.8 Å². The Morgan fingerprint density at radius 2 is 1.76 bits per heavy atom. The fraction of sp³-hybridized carbons (Fsp3) is 0.273. The largest absolute Gasteiger partial charge is 0.493 e. The van der Waals surface area contributed by atoms with E-state index in [0.717, 1.165) is 16.0 Å². The number of rotatable bonds is 9. The molecule has 0 fully saturated rings. The summed E-state index contributed by atoms with van der Waals surface area (Å²) in [6.45, 7) is 1.81. The number of carbonyl (C=O) groups excluding carboxylic acids is 2. The van der Waals surface area contributed by atoms with E-state index in [1.807, 2.05) is 36.6 Å². The quantitative estimate of drug-likeness (QED) is 0.383. The standard InChI is InChI=1S/C22H25NO5S/c1-15(28-21(24)12-8-16-5-9-18(29-4)10-6-16)22(25)23-14-17-7-11-19(26-2)20(13-17)27-3/h5-13,15H,14H2,1-4H3,(H,23,25)/b12-8+/t15-/m1/s1. The first-order chi connectivity index (χ1) is 14.0. The highest BCUT2D eigenvalue weighted by Crippen LogP contribution is 2.27. The van der Waals surface area contributed by atoms with Crippen molar-refractivity contribution in [2.75, 3.05) is 20.5 Å². The average Bonchev–Trinajstić information content (AvgIpc) is 2.75. The molecular formula is C22H25NO5S. The summed E-state index contributed by atoms with van der Waals surface area (Å²) < 4.78 is 15.6. The minimum atomic E-state index is -0.911. The molecule has 0 saturated heterocycles. The van der Waals surface area contributed by atoms with Gasteiger partial charge in [0.2, 0.25) is 0 Å². The maximum atomic E-state index is 12.2. The zero-order chi connectivity index (χ0) is 21.2. The monoisotopic (exact) mass is 415 g/mol. The number of methoxy groups -OCH3 is 2. The highest BCUT2D eigenvalue weighted by Gasteiger charge is 2.16. The summed E-state index contributed by atoms with van der Waals surface area (Å²) in [5.41, 5.74) is 1.72. The van der Waals surface area contributed by atoms with Gasteiger partial charge in [-0.3, -0.25) is 4.79 Å². The van der Waals surface area contributed by atoms with Crippen LogP contribution in [-0.4, -0.2) is 38.5 Å². The molecule has 154 valence electrons. The minimum absolute atomic E-state index is 0.276. The van der Waals surface area contributed by atoms with E-state index in [4.69, 9.17) is 14.2 Å². The fourth-order valence-electron chi connectivity index (χ4n) is 2.47. The van der Waals surface area contributed by atoms with Crippen LogP contribution in [0.1, 0.15) is 18.1 Å². The average molecular weight is 416 g/mol. The van der Waals surface area contributed by atoms with Crippen molar-refractivity contribution in [1.29, 1.82) is 0 Å². The lowest BCUT2D eigenvalue weighted by Gasteiger charge is -2.13. The molecule has 1 atom stereocenters. The second-order valence-corrected chi connectivity index (χ2v) is 6.97. The molecular weight excluding hydrogens is 390 g/mol. The molecule has 0 heterocycles. The maximum Gasteiger partial charge on any atom is 0.331 e. The summed E-state index contributed by atoms with van der Waals surface area (Å²) in [4.78, 5) is 25.3. The van der Waals surface area contributed by atoms with E-state index < -0.39 is 12.1 Å². The highest BCUT2D eigenvalue weighted by atomic mass is 32.2. The van der Waals surface area contributed by atoms with Crippen LogP contribution < -0.4 is 14.8 Å². The molecule has 7 heteroatoms. The zero-order valence-electron chi connectivity index (χ0n) is 16.9. The minimum Gasteiger partial charge on any atom is -0.493 e. The number of ether oxygens (including phenoxy) is 3. The lowest BCUT2D eigenvalue weighted by molar-refractivity contribution is -0.150. The molecule has 0 unspecified atom stereocenters. The van der Waals surface area contributed by atoms with Gasteiger partial charge in [0.1, 0.15) is 0 Å². The van der Waals surface area contributed by atoms with Crippen LogP contribution in [0, 0.1) is 0 Å². The van der Waals surface area contributed by atoms with Crippen LogP contribution in [0.5, 0.6) is 11.5 Å². The second kappa shape index (κ2) is 11.2. The first-order valence-electron chi connectivity index (χ1n) is 8.98. The van der Waals surface area contributed by atoms with Crippen LogP contribution in [0.15, 0.2) is 53.4 Å². The Balaban J connectivity index is 1.84. The second-order valence-electron chi connectivity index (χ2n) is 6.09. The number of thioether (sulfide) groups is 1. The van der Waals surface area contributed by atoms with Crippen LogP contribution in [0.25, 0.3) is 6.08 Å². The molecule has 0 bridgehead atoms. The number of nitrogens with one attached hydrogen (secondary N) is 1. The lowest BCUT2D eigenvalue weighted by atomic mass is 10.2. The van der Waals surface area contributed by atoms with E-state index in [-0.39, 0.29) is 12.5 Å².